The van der Waals surface area contributed by atoms with Gasteiger partial charge in [-0.3, -0.25) is 4.98 Å². The van der Waals surface area contributed by atoms with Gasteiger partial charge in [-0.1, -0.05) is 32.0 Å². The second-order valence-electron chi connectivity index (χ2n) is 5.30. The highest BCUT2D eigenvalue weighted by Crippen LogP contribution is 2.28. The van der Waals surface area contributed by atoms with Gasteiger partial charge in [0.1, 0.15) is 11.6 Å². The van der Waals surface area contributed by atoms with Gasteiger partial charge in [0.2, 0.25) is 0 Å². The molecule has 0 bridgehead atoms. The number of nitrogens with one attached hydrogen (secondary N) is 1. The number of anilines is 1. The topological polar surface area (TPSA) is 50.7 Å². The van der Waals surface area contributed by atoms with E-state index in [1.54, 1.807) is 0 Å². The Labute approximate surface area is 124 Å². The van der Waals surface area contributed by atoms with Gasteiger partial charge in [-0.15, -0.1) is 0 Å². The number of nitrogens with zero attached hydrogens (tertiary/aromatic N) is 3. The van der Waals surface area contributed by atoms with Gasteiger partial charge < -0.3 is 5.32 Å². The zero-order valence-electron chi connectivity index (χ0n) is 12.5. The van der Waals surface area contributed by atoms with Crippen LogP contribution in [0.15, 0.2) is 42.7 Å². The van der Waals surface area contributed by atoms with Crippen molar-refractivity contribution in [2.45, 2.75) is 19.8 Å². The lowest BCUT2D eigenvalue weighted by molar-refractivity contribution is 0.778. The highest BCUT2D eigenvalue weighted by Gasteiger charge is 2.11. The average molecular weight is 278 g/mol. The van der Waals surface area contributed by atoms with Crippen molar-refractivity contribution in [2.75, 3.05) is 12.4 Å². The van der Waals surface area contributed by atoms with Gasteiger partial charge in [-0.25, -0.2) is 9.97 Å². The second kappa shape index (κ2) is 5.48. The van der Waals surface area contributed by atoms with Crippen molar-refractivity contribution in [2.24, 2.45) is 0 Å². The number of aromatic nitrogens is 3. The predicted octanol–water partition coefficient (Wildman–Crippen LogP) is 3.86. The molecular formula is C17H18N4. The van der Waals surface area contributed by atoms with Crippen LogP contribution in [-0.4, -0.2) is 22.0 Å². The quantitative estimate of drug-likeness (QED) is 0.790. The summed E-state index contributed by atoms with van der Waals surface area (Å²) in [5.41, 5.74) is 2.01. The van der Waals surface area contributed by atoms with Gasteiger partial charge in [0, 0.05) is 42.4 Å². The van der Waals surface area contributed by atoms with Crippen molar-refractivity contribution < 1.29 is 0 Å². The van der Waals surface area contributed by atoms with Crippen LogP contribution in [0.5, 0.6) is 0 Å². The van der Waals surface area contributed by atoms with Crippen molar-refractivity contribution in [3.8, 4) is 11.3 Å². The minimum Gasteiger partial charge on any atom is -0.373 e. The van der Waals surface area contributed by atoms with Crippen molar-refractivity contribution in [3.05, 3.63) is 48.5 Å². The number of fused-ring (bicyclic) bond motifs is 1. The lowest BCUT2D eigenvalue weighted by Crippen LogP contribution is -2.03. The van der Waals surface area contributed by atoms with E-state index in [0.29, 0.717) is 0 Å². The minimum absolute atomic E-state index is 0.283. The van der Waals surface area contributed by atoms with Gasteiger partial charge in [0.05, 0.1) is 5.69 Å². The van der Waals surface area contributed by atoms with Crippen LogP contribution in [0, 0.1) is 0 Å². The zero-order chi connectivity index (χ0) is 14.8. The standard InChI is InChI=1S/C17H18N4/c1-11(2)17-20-15(9-16(18-3)21-17)13-6-4-5-12-7-8-19-10-14(12)13/h4-11H,1-3H3,(H,18,20,21). The fourth-order valence-electron chi connectivity index (χ4n) is 2.33. The van der Waals surface area contributed by atoms with Crippen LogP contribution in [-0.2, 0) is 0 Å². The summed E-state index contributed by atoms with van der Waals surface area (Å²) in [6.07, 6.45) is 3.70. The summed E-state index contributed by atoms with van der Waals surface area (Å²) >= 11 is 0. The number of hydrogen-bond acceptors (Lipinski definition) is 4. The van der Waals surface area contributed by atoms with E-state index in [0.717, 1.165) is 28.3 Å². The molecule has 0 amide bonds. The summed E-state index contributed by atoms with van der Waals surface area (Å²) in [6, 6.07) is 10.2. The van der Waals surface area contributed by atoms with Crippen LogP contribution in [0.4, 0.5) is 5.82 Å². The van der Waals surface area contributed by atoms with Crippen molar-refractivity contribution in [1.29, 1.82) is 0 Å². The largest absolute Gasteiger partial charge is 0.373 e. The first kappa shape index (κ1) is 13.5. The molecule has 0 atom stereocenters. The Morgan fingerprint density at radius 2 is 1.95 bits per heavy atom. The van der Waals surface area contributed by atoms with E-state index in [9.17, 15) is 0 Å². The summed E-state index contributed by atoms with van der Waals surface area (Å²) in [7, 11) is 1.88. The SMILES string of the molecule is CNc1cc(-c2cccc3ccncc23)nc(C(C)C)n1. The highest BCUT2D eigenvalue weighted by atomic mass is 15.0. The molecule has 0 saturated heterocycles. The number of pyridine rings is 1. The van der Waals surface area contributed by atoms with Crippen molar-refractivity contribution >= 4 is 16.6 Å². The maximum atomic E-state index is 4.72. The smallest absolute Gasteiger partial charge is 0.133 e. The molecule has 0 spiro atoms. The van der Waals surface area contributed by atoms with Gasteiger partial charge >= 0.3 is 0 Å². The predicted molar refractivity (Wildman–Crippen MR) is 86.4 cm³/mol. The number of rotatable bonds is 3. The van der Waals surface area contributed by atoms with E-state index in [1.165, 1.54) is 5.39 Å². The van der Waals surface area contributed by atoms with Crippen molar-refractivity contribution in [1.82, 2.24) is 15.0 Å². The zero-order valence-corrected chi connectivity index (χ0v) is 12.5. The van der Waals surface area contributed by atoms with Crippen LogP contribution in [0.25, 0.3) is 22.0 Å². The van der Waals surface area contributed by atoms with Crippen molar-refractivity contribution in [3.63, 3.8) is 0 Å². The normalized spacial score (nSPS) is 11.0. The summed E-state index contributed by atoms with van der Waals surface area (Å²) in [5.74, 6) is 1.97. The minimum atomic E-state index is 0.283. The number of hydrogen-bond donors (Lipinski definition) is 1. The summed E-state index contributed by atoms with van der Waals surface area (Å²) in [4.78, 5) is 13.5. The molecule has 3 aromatic rings. The molecule has 0 fully saturated rings. The lowest BCUT2D eigenvalue weighted by atomic mass is 10.0. The summed E-state index contributed by atoms with van der Waals surface area (Å²) in [5, 5.41) is 5.39. The first-order valence-corrected chi connectivity index (χ1v) is 7.09. The van der Waals surface area contributed by atoms with Gasteiger partial charge in [0.25, 0.3) is 0 Å². The first-order valence-electron chi connectivity index (χ1n) is 7.09. The van der Waals surface area contributed by atoms with E-state index in [1.807, 2.05) is 37.6 Å². The molecule has 0 saturated carbocycles. The van der Waals surface area contributed by atoms with E-state index in [-0.39, 0.29) is 5.92 Å². The molecular weight excluding hydrogens is 260 g/mol. The van der Waals surface area contributed by atoms with Gasteiger partial charge in [0.15, 0.2) is 0 Å². The molecule has 1 aromatic carbocycles. The van der Waals surface area contributed by atoms with Crippen LogP contribution >= 0.6 is 0 Å². The maximum absolute atomic E-state index is 4.72. The Morgan fingerprint density at radius 3 is 2.71 bits per heavy atom. The van der Waals surface area contributed by atoms with Gasteiger partial charge in [-0.05, 0) is 11.5 Å². The fraction of sp³-hybridized carbons (Fsp3) is 0.235. The third-order valence-electron chi connectivity index (χ3n) is 3.48. The molecule has 0 aliphatic carbocycles. The molecule has 0 aliphatic rings. The molecule has 21 heavy (non-hydrogen) atoms. The molecule has 2 heterocycles. The molecule has 4 nitrogen and oxygen atoms in total. The third-order valence-corrected chi connectivity index (χ3v) is 3.48. The Balaban J connectivity index is 2.25. The Morgan fingerprint density at radius 1 is 1.10 bits per heavy atom. The Hall–Kier alpha value is -2.49. The molecule has 0 unspecified atom stereocenters. The molecule has 106 valence electrons. The first-order chi connectivity index (χ1) is 10.2. The second-order valence-corrected chi connectivity index (χ2v) is 5.30. The lowest BCUT2D eigenvalue weighted by Gasteiger charge is -2.11. The molecule has 0 aliphatic heterocycles. The monoisotopic (exact) mass is 278 g/mol. The van der Waals surface area contributed by atoms with E-state index < -0.39 is 0 Å². The molecule has 4 heteroatoms. The average Bonchev–Trinajstić information content (AvgIpc) is 2.53. The van der Waals surface area contributed by atoms with E-state index >= 15 is 0 Å². The van der Waals surface area contributed by atoms with E-state index in [2.05, 4.69) is 41.3 Å². The summed E-state index contributed by atoms with van der Waals surface area (Å²) < 4.78 is 0. The summed E-state index contributed by atoms with van der Waals surface area (Å²) in [6.45, 7) is 4.20. The molecule has 3 rings (SSSR count). The van der Waals surface area contributed by atoms with Gasteiger partial charge in [-0.2, -0.15) is 0 Å². The molecule has 0 radical (unpaired) electrons. The van der Waals surface area contributed by atoms with Crippen LogP contribution in [0.1, 0.15) is 25.6 Å². The Bertz CT molecular complexity index is 775. The maximum Gasteiger partial charge on any atom is 0.133 e. The molecule has 1 N–H and O–H groups in total. The highest BCUT2D eigenvalue weighted by molar-refractivity contribution is 5.95. The Kier molecular flexibility index (Phi) is 3.52. The number of benzene rings is 1. The fourth-order valence-corrected chi connectivity index (χ4v) is 2.33. The van der Waals surface area contributed by atoms with Crippen LogP contribution in [0.2, 0.25) is 0 Å². The van der Waals surface area contributed by atoms with Crippen LogP contribution < -0.4 is 5.32 Å². The van der Waals surface area contributed by atoms with Crippen LogP contribution in [0.3, 0.4) is 0 Å². The van der Waals surface area contributed by atoms with E-state index in [4.69, 9.17) is 4.98 Å². The molecule has 2 aromatic heterocycles. The third kappa shape index (κ3) is 2.57.